The topological polar surface area (TPSA) is 111 Å². The number of anilines is 1. The van der Waals surface area contributed by atoms with Gasteiger partial charge in [-0.1, -0.05) is 12.7 Å². The fourth-order valence-electron chi connectivity index (χ4n) is 2.25. The molecule has 0 radical (unpaired) electrons. The Morgan fingerprint density at radius 2 is 2.17 bits per heavy atom. The summed E-state index contributed by atoms with van der Waals surface area (Å²) in [5.41, 5.74) is 11.9. The van der Waals surface area contributed by atoms with E-state index in [1.165, 1.54) is 10.8 Å². The molecular formula is C17H22N6O. The van der Waals surface area contributed by atoms with Gasteiger partial charge in [0.1, 0.15) is 5.82 Å². The molecule has 0 atom stereocenters. The number of hydrogen-bond donors (Lipinski definition) is 3. The number of nitrogens with one attached hydrogen (secondary N) is 1. The van der Waals surface area contributed by atoms with Crippen molar-refractivity contribution in [1.29, 1.82) is 0 Å². The SMILES string of the molecule is C=C/C(=C\N=C(N)N)c1cc2ccn(C)c(=O)c2c(NC(C)C)n1. The van der Waals surface area contributed by atoms with Crippen LogP contribution in [-0.4, -0.2) is 21.6 Å². The molecule has 7 nitrogen and oxygen atoms in total. The van der Waals surface area contributed by atoms with E-state index >= 15 is 0 Å². The molecule has 2 aromatic heterocycles. The average Bonchev–Trinajstić information content (AvgIpc) is 2.50. The van der Waals surface area contributed by atoms with E-state index in [0.29, 0.717) is 22.5 Å². The average molecular weight is 326 g/mol. The molecular weight excluding hydrogens is 304 g/mol. The third kappa shape index (κ3) is 3.62. The van der Waals surface area contributed by atoms with E-state index in [1.54, 1.807) is 19.3 Å². The van der Waals surface area contributed by atoms with E-state index in [1.807, 2.05) is 26.0 Å². The molecule has 0 unspecified atom stereocenters. The van der Waals surface area contributed by atoms with Gasteiger partial charge in [-0.25, -0.2) is 9.98 Å². The Balaban J connectivity index is 2.76. The lowest BCUT2D eigenvalue weighted by Crippen LogP contribution is -2.21. The molecule has 2 heterocycles. The first-order chi connectivity index (χ1) is 11.3. The second-order valence-corrected chi connectivity index (χ2v) is 5.69. The minimum atomic E-state index is -0.108. The van der Waals surface area contributed by atoms with Crippen LogP contribution in [0.2, 0.25) is 0 Å². The molecule has 5 N–H and O–H groups in total. The maximum Gasteiger partial charge on any atom is 0.261 e. The molecule has 2 rings (SSSR count). The molecule has 0 aliphatic heterocycles. The first-order valence-corrected chi connectivity index (χ1v) is 7.52. The molecule has 0 saturated heterocycles. The van der Waals surface area contributed by atoms with Gasteiger partial charge in [-0.15, -0.1) is 0 Å². The van der Waals surface area contributed by atoms with Gasteiger partial charge in [-0.3, -0.25) is 4.79 Å². The van der Waals surface area contributed by atoms with Gasteiger partial charge < -0.3 is 21.4 Å². The van der Waals surface area contributed by atoms with Crippen molar-refractivity contribution in [2.75, 3.05) is 5.32 Å². The first kappa shape index (κ1) is 17.3. The smallest absolute Gasteiger partial charge is 0.261 e. The monoisotopic (exact) mass is 326 g/mol. The lowest BCUT2D eigenvalue weighted by atomic mass is 10.1. The van der Waals surface area contributed by atoms with E-state index in [4.69, 9.17) is 11.5 Å². The highest BCUT2D eigenvalue weighted by Gasteiger charge is 2.13. The second kappa shape index (κ2) is 6.99. The number of fused-ring (bicyclic) bond motifs is 1. The van der Waals surface area contributed by atoms with Crippen LogP contribution < -0.4 is 22.3 Å². The predicted molar refractivity (Wildman–Crippen MR) is 99.7 cm³/mol. The molecule has 126 valence electrons. The predicted octanol–water partition coefficient (Wildman–Crippen LogP) is 1.55. The first-order valence-electron chi connectivity index (χ1n) is 7.52. The molecule has 0 fully saturated rings. The fourth-order valence-corrected chi connectivity index (χ4v) is 2.25. The number of hydrogen-bond acceptors (Lipinski definition) is 4. The zero-order chi connectivity index (χ0) is 17.9. The molecule has 2 aromatic rings. The molecule has 24 heavy (non-hydrogen) atoms. The number of nitrogens with two attached hydrogens (primary N) is 2. The molecule has 0 bridgehead atoms. The minimum Gasteiger partial charge on any atom is -0.370 e. The van der Waals surface area contributed by atoms with Crippen LogP contribution in [0.3, 0.4) is 0 Å². The summed E-state index contributed by atoms with van der Waals surface area (Å²) in [7, 11) is 1.71. The Morgan fingerprint density at radius 3 is 2.75 bits per heavy atom. The lowest BCUT2D eigenvalue weighted by Gasteiger charge is -2.14. The van der Waals surface area contributed by atoms with Crippen LogP contribution in [0.15, 0.2) is 47.0 Å². The minimum absolute atomic E-state index is 0.0514. The normalized spacial score (nSPS) is 11.6. The van der Waals surface area contributed by atoms with Crippen molar-refractivity contribution in [3.05, 3.63) is 53.2 Å². The zero-order valence-electron chi connectivity index (χ0n) is 14.1. The van der Waals surface area contributed by atoms with E-state index < -0.39 is 0 Å². The van der Waals surface area contributed by atoms with Crippen molar-refractivity contribution < 1.29 is 0 Å². The van der Waals surface area contributed by atoms with Gasteiger partial charge in [0, 0.05) is 31.1 Å². The van der Waals surface area contributed by atoms with E-state index in [-0.39, 0.29) is 17.6 Å². The van der Waals surface area contributed by atoms with Gasteiger partial charge in [0.25, 0.3) is 5.56 Å². The Morgan fingerprint density at radius 1 is 1.46 bits per heavy atom. The Hall–Kier alpha value is -3.09. The van der Waals surface area contributed by atoms with Gasteiger partial charge in [0.2, 0.25) is 0 Å². The van der Waals surface area contributed by atoms with Crippen molar-refractivity contribution in [2.45, 2.75) is 19.9 Å². The number of aryl methyl sites for hydroxylation is 1. The summed E-state index contributed by atoms with van der Waals surface area (Å²) in [5, 5.41) is 4.55. The van der Waals surface area contributed by atoms with Crippen LogP contribution in [0, 0.1) is 0 Å². The number of aromatic nitrogens is 2. The number of pyridine rings is 2. The molecule has 7 heteroatoms. The number of allylic oxidation sites excluding steroid dienone is 2. The lowest BCUT2D eigenvalue weighted by molar-refractivity contribution is 0.866. The maximum absolute atomic E-state index is 12.5. The summed E-state index contributed by atoms with van der Waals surface area (Å²) < 4.78 is 1.53. The number of nitrogens with zero attached hydrogens (tertiary/aromatic N) is 3. The molecule has 0 spiro atoms. The largest absolute Gasteiger partial charge is 0.370 e. The number of aliphatic imine (C=N–C) groups is 1. The maximum atomic E-state index is 12.5. The summed E-state index contributed by atoms with van der Waals surface area (Å²) in [6.07, 6.45) is 4.83. The van der Waals surface area contributed by atoms with Gasteiger partial charge >= 0.3 is 0 Å². The van der Waals surface area contributed by atoms with Crippen LogP contribution in [0.4, 0.5) is 5.82 Å². The third-order valence-corrected chi connectivity index (χ3v) is 3.36. The molecule has 0 aliphatic rings. The number of rotatable bonds is 5. The van der Waals surface area contributed by atoms with Crippen molar-refractivity contribution >= 4 is 28.1 Å². The Kier molecular flexibility index (Phi) is 5.03. The Bertz CT molecular complexity index is 888. The highest BCUT2D eigenvalue weighted by molar-refractivity contribution is 5.94. The van der Waals surface area contributed by atoms with Gasteiger partial charge in [-0.2, -0.15) is 0 Å². The standard InChI is InChI=1S/C17H22N6O/c1-5-11(9-20-17(18)19)13-8-12-6-7-23(4)16(24)14(12)15(22-13)21-10(2)3/h5-10H,1H2,2-4H3,(H,21,22)(H4,18,19,20)/b11-9+. The quantitative estimate of drug-likeness (QED) is 0.438. The van der Waals surface area contributed by atoms with Gasteiger partial charge in [-0.05, 0) is 31.4 Å². The van der Waals surface area contributed by atoms with Crippen LogP contribution in [0.1, 0.15) is 19.5 Å². The third-order valence-electron chi connectivity index (χ3n) is 3.36. The summed E-state index contributed by atoms with van der Waals surface area (Å²) in [4.78, 5) is 21.0. The summed E-state index contributed by atoms with van der Waals surface area (Å²) in [5.74, 6) is 0.473. The highest BCUT2D eigenvalue weighted by atomic mass is 16.1. The second-order valence-electron chi connectivity index (χ2n) is 5.69. The molecule has 0 aliphatic carbocycles. The van der Waals surface area contributed by atoms with Crippen molar-refractivity contribution in [3.63, 3.8) is 0 Å². The summed E-state index contributed by atoms with van der Waals surface area (Å²) >= 11 is 0. The fraction of sp³-hybridized carbons (Fsp3) is 0.235. The molecule has 0 amide bonds. The van der Waals surface area contributed by atoms with E-state index in [9.17, 15) is 4.79 Å². The van der Waals surface area contributed by atoms with Crippen LogP contribution >= 0.6 is 0 Å². The van der Waals surface area contributed by atoms with Crippen molar-refractivity contribution in [2.24, 2.45) is 23.5 Å². The van der Waals surface area contributed by atoms with Crippen LogP contribution in [0.25, 0.3) is 16.3 Å². The summed E-state index contributed by atoms with van der Waals surface area (Å²) in [6.45, 7) is 7.74. The van der Waals surface area contributed by atoms with Crippen molar-refractivity contribution in [1.82, 2.24) is 9.55 Å². The Labute approximate surface area is 140 Å². The van der Waals surface area contributed by atoms with E-state index in [2.05, 4.69) is 21.9 Å². The number of guanidine groups is 1. The zero-order valence-corrected chi connectivity index (χ0v) is 14.1. The summed E-state index contributed by atoms with van der Waals surface area (Å²) in [6, 6.07) is 3.81. The molecule has 0 saturated carbocycles. The highest BCUT2D eigenvalue weighted by Crippen LogP contribution is 2.24. The molecule has 0 aromatic carbocycles. The van der Waals surface area contributed by atoms with Gasteiger partial charge in [0.15, 0.2) is 5.96 Å². The van der Waals surface area contributed by atoms with Gasteiger partial charge in [0.05, 0.1) is 11.1 Å². The van der Waals surface area contributed by atoms with Crippen LogP contribution in [0.5, 0.6) is 0 Å². The van der Waals surface area contributed by atoms with Crippen LogP contribution in [-0.2, 0) is 7.05 Å². The van der Waals surface area contributed by atoms with Crippen molar-refractivity contribution in [3.8, 4) is 0 Å². The van der Waals surface area contributed by atoms with E-state index in [0.717, 1.165) is 5.39 Å².